The number of hydrogen-bond acceptors (Lipinski definition) is 4. The van der Waals surface area contributed by atoms with Crippen LogP contribution in [-0.2, 0) is 11.0 Å². The minimum atomic E-state index is -4.44. The molecule has 0 bridgehead atoms. The molecule has 7 heteroatoms. The molecule has 156 valence electrons. The summed E-state index contributed by atoms with van der Waals surface area (Å²) < 4.78 is 39.2. The van der Waals surface area contributed by atoms with Crippen LogP contribution in [0.2, 0.25) is 0 Å². The topological polar surface area (TPSA) is 64.9 Å². The maximum Gasteiger partial charge on any atom is 0.416 e. The number of anilines is 1. The fourth-order valence-electron chi connectivity index (χ4n) is 3.80. The van der Waals surface area contributed by atoms with Crippen molar-refractivity contribution in [3.8, 4) is 6.07 Å². The van der Waals surface area contributed by atoms with Crippen LogP contribution in [0.3, 0.4) is 0 Å². The molecule has 4 nitrogen and oxygen atoms in total. The largest absolute Gasteiger partial charge is 0.416 e. The molecule has 1 atom stereocenters. The number of Topliss-reactive ketones (excluding diaryl/α,β-unsaturated/α-hetero) is 1. The third kappa shape index (κ3) is 4.55. The van der Waals surface area contributed by atoms with E-state index < -0.39 is 17.8 Å². The summed E-state index contributed by atoms with van der Waals surface area (Å²) in [7, 11) is 1.74. The number of nitriles is 1. The van der Waals surface area contributed by atoms with E-state index in [1.807, 2.05) is 13.0 Å². The normalized spacial score (nSPS) is 15.7. The number of nitrogens with zero attached hydrogens (tertiary/aromatic N) is 1. The molecule has 2 N–H and O–H groups in total. The van der Waals surface area contributed by atoms with E-state index in [0.717, 1.165) is 23.3 Å². The van der Waals surface area contributed by atoms with E-state index in [0.29, 0.717) is 41.8 Å². The van der Waals surface area contributed by atoms with Crippen LogP contribution in [0.15, 0.2) is 53.7 Å². The second-order valence-electron chi connectivity index (χ2n) is 7.28. The third-order valence-electron chi connectivity index (χ3n) is 5.23. The molecule has 30 heavy (non-hydrogen) atoms. The Balaban J connectivity index is 2.04. The average molecular weight is 413 g/mol. The Kier molecular flexibility index (Phi) is 6.28. The van der Waals surface area contributed by atoms with Crippen LogP contribution in [0, 0.1) is 18.3 Å². The van der Waals surface area contributed by atoms with Crippen molar-refractivity contribution in [1.82, 2.24) is 5.32 Å². The molecule has 0 amide bonds. The molecule has 0 fully saturated rings. The number of likely N-dealkylation sites (N-methyl/N-ethyl adjacent to an activating group) is 1. The number of nitrogens with one attached hydrogen (secondary N) is 2. The summed E-state index contributed by atoms with van der Waals surface area (Å²) in [4.78, 5) is 12.9. The molecular weight excluding hydrogens is 391 g/mol. The lowest BCUT2D eigenvalue weighted by Crippen LogP contribution is -2.29. The number of hydrogen-bond donors (Lipinski definition) is 2. The molecule has 0 aliphatic heterocycles. The predicted molar refractivity (Wildman–Crippen MR) is 109 cm³/mol. The molecule has 0 heterocycles. The lowest BCUT2D eigenvalue weighted by molar-refractivity contribution is -0.137. The highest BCUT2D eigenvalue weighted by molar-refractivity contribution is 5.99. The van der Waals surface area contributed by atoms with Crippen molar-refractivity contribution in [2.45, 2.75) is 38.4 Å². The number of benzene rings is 2. The Labute approximate surface area is 173 Å². The fourth-order valence-corrected chi connectivity index (χ4v) is 3.80. The van der Waals surface area contributed by atoms with Crippen LogP contribution in [0.5, 0.6) is 0 Å². The molecule has 1 aliphatic carbocycles. The van der Waals surface area contributed by atoms with Crippen molar-refractivity contribution in [3.05, 3.63) is 76.0 Å². The quantitative estimate of drug-likeness (QED) is 0.701. The first kappa shape index (κ1) is 21.6. The van der Waals surface area contributed by atoms with E-state index >= 15 is 0 Å². The monoisotopic (exact) mass is 413 g/mol. The molecule has 3 rings (SSSR count). The van der Waals surface area contributed by atoms with Gasteiger partial charge in [-0.1, -0.05) is 12.1 Å². The van der Waals surface area contributed by atoms with Crippen LogP contribution in [0.25, 0.3) is 0 Å². The van der Waals surface area contributed by atoms with E-state index in [-0.39, 0.29) is 5.78 Å². The van der Waals surface area contributed by atoms with Gasteiger partial charge in [0.2, 0.25) is 0 Å². The number of carbonyl (C=O) groups excluding carboxylic acids is 1. The molecular formula is C23H22F3N3O. The second-order valence-corrected chi connectivity index (χ2v) is 7.28. The van der Waals surface area contributed by atoms with Gasteiger partial charge in [-0.3, -0.25) is 4.79 Å². The van der Waals surface area contributed by atoms with Crippen molar-refractivity contribution in [2.24, 2.45) is 0 Å². The van der Waals surface area contributed by atoms with Gasteiger partial charge in [0.1, 0.15) is 0 Å². The van der Waals surface area contributed by atoms with Gasteiger partial charge in [0.05, 0.1) is 23.2 Å². The van der Waals surface area contributed by atoms with Gasteiger partial charge in [0.15, 0.2) is 5.78 Å². The Morgan fingerprint density at radius 3 is 2.53 bits per heavy atom. The molecule has 0 spiro atoms. The van der Waals surface area contributed by atoms with Gasteiger partial charge in [0.25, 0.3) is 0 Å². The summed E-state index contributed by atoms with van der Waals surface area (Å²) in [5.41, 5.74) is 2.92. The third-order valence-corrected chi connectivity index (χ3v) is 5.23. The van der Waals surface area contributed by atoms with Crippen LogP contribution < -0.4 is 10.6 Å². The van der Waals surface area contributed by atoms with E-state index in [2.05, 4.69) is 16.7 Å². The number of ketones is 1. The van der Waals surface area contributed by atoms with Crippen LogP contribution in [0.1, 0.15) is 47.6 Å². The summed E-state index contributed by atoms with van der Waals surface area (Å²) in [6, 6.07) is 11.9. The number of allylic oxidation sites excluding steroid dienone is 1. The minimum Gasteiger partial charge on any atom is -0.358 e. The van der Waals surface area contributed by atoms with Crippen molar-refractivity contribution < 1.29 is 18.0 Å². The molecule has 0 aromatic heterocycles. The summed E-state index contributed by atoms with van der Waals surface area (Å²) in [5.74, 6) is -0.0427. The standard InChI is InChI=1S/C23H22F3N3O/c1-14-11-15(13-27)9-10-18(14)22(28-2)21-19(7-4-8-20(21)30)29-17-6-3-5-16(12-17)23(24,25)26/h3,5-6,9-12,22,28-29H,4,7-8H2,1-2H3. The fraction of sp³-hybridized carbons (Fsp3) is 0.304. The molecule has 0 saturated heterocycles. The number of aryl methyl sites for hydroxylation is 1. The van der Waals surface area contributed by atoms with E-state index in [4.69, 9.17) is 5.26 Å². The lowest BCUT2D eigenvalue weighted by Gasteiger charge is -2.28. The van der Waals surface area contributed by atoms with Crippen molar-refractivity contribution >= 4 is 11.5 Å². The first-order chi connectivity index (χ1) is 14.2. The van der Waals surface area contributed by atoms with E-state index in [1.54, 1.807) is 25.2 Å². The second kappa shape index (κ2) is 8.72. The molecule has 0 saturated carbocycles. The molecule has 2 aromatic rings. The zero-order chi connectivity index (χ0) is 21.9. The molecule has 1 unspecified atom stereocenters. The van der Waals surface area contributed by atoms with Gasteiger partial charge in [-0.25, -0.2) is 0 Å². The highest BCUT2D eigenvalue weighted by Gasteiger charge is 2.32. The van der Waals surface area contributed by atoms with Gasteiger partial charge in [-0.15, -0.1) is 0 Å². The minimum absolute atomic E-state index is 0.0427. The maximum absolute atomic E-state index is 13.1. The van der Waals surface area contributed by atoms with Gasteiger partial charge >= 0.3 is 6.18 Å². The van der Waals surface area contributed by atoms with Crippen molar-refractivity contribution in [1.29, 1.82) is 5.26 Å². The van der Waals surface area contributed by atoms with Crippen molar-refractivity contribution in [2.75, 3.05) is 12.4 Å². The number of carbonyl (C=O) groups is 1. The summed E-state index contributed by atoms with van der Waals surface area (Å²) in [6.07, 6.45) is -2.86. The molecule has 1 aliphatic rings. The smallest absolute Gasteiger partial charge is 0.358 e. The highest BCUT2D eigenvalue weighted by atomic mass is 19.4. The highest BCUT2D eigenvalue weighted by Crippen LogP contribution is 2.35. The Morgan fingerprint density at radius 1 is 1.13 bits per heavy atom. The number of rotatable bonds is 5. The van der Waals surface area contributed by atoms with Crippen LogP contribution >= 0.6 is 0 Å². The Hall–Kier alpha value is -3.11. The Morgan fingerprint density at radius 2 is 1.90 bits per heavy atom. The average Bonchev–Trinajstić information content (AvgIpc) is 2.71. The first-order valence-electron chi connectivity index (χ1n) is 9.63. The summed E-state index contributed by atoms with van der Waals surface area (Å²) in [5, 5.41) is 15.3. The van der Waals surface area contributed by atoms with Crippen LogP contribution in [-0.4, -0.2) is 12.8 Å². The number of alkyl halides is 3. The van der Waals surface area contributed by atoms with Gasteiger partial charge in [-0.05, 0) is 68.3 Å². The predicted octanol–water partition coefficient (Wildman–Crippen LogP) is 5.27. The summed E-state index contributed by atoms with van der Waals surface area (Å²) in [6.45, 7) is 1.87. The number of halogens is 3. The maximum atomic E-state index is 13.1. The van der Waals surface area contributed by atoms with E-state index in [9.17, 15) is 18.0 Å². The lowest BCUT2D eigenvalue weighted by atomic mass is 9.84. The van der Waals surface area contributed by atoms with Gasteiger partial charge in [0, 0.05) is 23.4 Å². The SMILES string of the molecule is CNC(C1=C(Nc2cccc(C(F)(F)F)c2)CCCC1=O)c1ccc(C#N)cc1C. The molecule has 0 radical (unpaired) electrons. The zero-order valence-corrected chi connectivity index (χ0v) is 16.7. The molecule has 2 aromatic carbocycles. The first-order valence-corrected chi connectivity index (χ1v) is 9.63. The summed E-state index contributed by atoms with van der Waals surface area (Å²) >= 11 is 0. The van der Waals surface area contributed by atoms with Crippen LogP contribution in [0.4, 0.5) is 18.9 Å². The van der Waals surface area contributed by atoms with Gasteiger partial charge in [-0.2, -0.15) is 18.4 Å². The zero-order valence-electron chi connectivity index (χ0n) is 16.7. The Bertz CT molecular complexity index is 1030. The van der Waals surface area contributed by atoms with Gasteiger partial charge < -0.3 is 10.6 Å². The van der Waals surface area contributed by atoms with E-state index in [1.165, 1.54) is 6.07 Å². The van der Waals surface area contributed by atoms with Crippen molar-refractivity contribution in [3.63, 3.8) is 0 Å².